The maximum atomic E-state index is 11.6. The molecule has 0 aromatic carbocycles. The molecule has 0 unspecified atom stereocenters. The van der Waals surface area contributed by atoms with E-state index in [0.717, 1.165) is 0 Å². The average Bonchev–Trinajstić information content (AvgIpc) is 2.12. The third kappa shape index (κ3) is 1.35. The quantitative estimate of drug-likeness (QED) is 0.694. The summed E-state index contributed by atoms with van der Waals surface area (Å²) in [6.07, 6.45) is 4.70. The van der Waals surface area contributed by atoms with Gasteiger partial charge in [0.2, 0.25) is 0 Å². The SMILES string of the molecule is Cc1cnc2cnc(Br)cn2c1=O. The summed E-state index contributed by atoms with van der Waals surface area (Å²) in [5, 5.41) is 0. The number of nitrogens with zero attached hydrogens (tertiary/aromatic N) is 3. The Balaban J connectivity index is 2.97. The van der Waals surface area contributed by atoms with Gasteiger partial charge in [0, 0.05) is 18.0 Å². The second-order valence-electron chi connectivity index (χ2n) is 2.68. The van der Waals surface area contributed by atoms with Crippen molar-refractivity contribution >= 4 is 21.6 Å². The Kier molecular flexibility index (Phi) is 1.88. The van der Waals surface area contributed by atoms with Crippen molar-refractivity contribution in [2.45, 2.75) is 6.92 Å². The van der Waals surface area contributed by atoms with Crippen LogP contribution in [0.4, 0.5) is 0 Å². The van der Waals surface area contributed by atoms with E-state index in [1.54, 1.807) is 25.5 Å². The van der Waals surface area contributed by atoms with Crippen LogP contribution in [0.15, 0.2) is 28.0 Å². The first-order valence-corrected chi connectivity index (χ1v) is 4.47. The van der Waals surface area contributed by atoms with Crippen LogP contribution in [0.25, 0.3) is 5.65 Å². The Morgan fingerprint density at radius 2 is 2.15 bits per heavy atom. The topological polar surface area (TPSA) is 47.3 Å². The molecule has 0 amide bonds. The lowest BCUT2D eigenvalue weighted by Crippen LogP contribution is -2.17. The number of rotatable bonds is 0. The van der Waals surface area contributed by atoms with Crippen LogP contribution in [0, 0.1) is 6.92 Å². The zero-order valence-electron chi connectivity index (χ0n) is 6.86. The molecule has 0 atom stereocenters. The lowest BCUT2D eigenvalue weighted by Gasteiger charge is -1.99. The molecule has 2 aromatic heterocycles. The van der Waals surface area contributed by atoms with Gasteiger partial charge in [-0.15, -0.1) is 0 Å². The summed E-state index contributed by atoms with van der Waals surface area (Å²) in [7, 11) is 0. The Morgan fingerprint density at radius 1 is 1.38 bits per heavy atom. The first-order chi connectivity index (χ1) is 6.18. The van der Waals surface area contributed by atoms with E-state index in [9.17, 15) is 4.79 Å². The third-order valence-electron chi connectivity index (χ3n) is 1.73. The van der Waals surface area contributed by atoms with E-state index in [1.807, 2.05) is 0 Å². The molecule has 0 aliphatic rings. The van der Waals surface area contributed by atoms with Crippen molar-refractivity contribution in [1.82, 2.24) is 14.4 Å². The van der Waals surface area contributed by atoms with Gasteiger partial charge < -0.3 is 0 Å². The zero-order chi connectivity index (χ0) is 9.42. The fraction of sp³-hybridized carbons (Fsp3) is 0.125. The Labute approximate surface area is 82.4 Å². The largest absolute Gasteiger partial charge is 0.269 e. The van der Waals surface area contributed by atoms with Gasteiger partial charge in [0.05, 0.1) is 6.20 Å². The molecule has 2 heterocycles. The summed E-state index contributed by atoms with van der Waals surface area (Å²) in [6.45, 7) is 1.73. The molecular weight excluding hydrogens is 234 g/mol. The van der Waals surface area contributed by atoms with E-state index in [1.165, 1.54) is 4.40 Å². The summed E-state index contributed by atoms with van der Waals surface area (Å²) in [5.41, 5.74) is 1.11. The molecule has 0 saturated heterocycles. The molecule has 4 nitrogen and oxygen atoms in total. The number of aryl methyl sites for hydroxylation is 1. The van der Waals surface area contributed by atoms with E-state index < -0.39 is 0 Å². The second kappa shape index (κ2) is 2.92. The van der Waals surface area contributed by atoms with E-state index in [4.69, 9.17) is 0 Å². The first kappa shape index (κ1) is 8.37. The van der Waals surface area contributed by atoms with Crippen LogP contribution in [0.5, 0.6) is 0 Å². The number of aromatic nitrogens is 3. The molecule has 5 heteroatoms. The fourth-order valence-corrected chi connectivity index (χ4v) is 1.36. The molecule has 66 valence electrons. The summed E-state index contributed by atoms with van der Waals surface area (Å²) >= 11 is 3.19. The standard InChI is InChI=1S/C8H6BrN3O/c1-5-2-11-7-3-10-6(9)4-12(7)8(5)13/h2-4H,1H3. The average molecular weight is 240 g/mol. The minimum absolute atomic E-state index is 0.0619. The molecule has 0 bridgehead atoms. The first-order valence-electron chi connectivity index (χ1n) is 3.68. The second-order valence-corrected chi connectivity index (χ2v) is 3.50. The van der Waals surface area contributed by atoms with Crippen LogP contribution in [0.3, 0.4) is 0 Å². The van der Waals surface area contributed by atoms with Gasteiger partial charge in [0.15, 0.2) is 5.65 Å². The summed E-state index contributed by atoms with van der Waals surface area (Å²) < 4.78 is 2.08. The molecule has 13 heavy (non-hydrogen) atoms. The Hall–Kier alpha value is -1.23. The highest BCUT2D eigenvalue weighted by Crippen LogP contribution is 2.04. The van der Waals surface area contributed by atoms with Crippen molar-refractivity contribution in [2.24, 2.45) is 0 Å². The predicted molar refractivity (Wildman–Crippen MR) is 51.7 cm³/mol. The molecule has 0 fully saturated rings. The van der Waals surface area contributed by atoms with E-state index in [-0.39, 0.29) is 5.56 Å². The molecule has 0 aliphatic carbocycles. The van der Waals surface area contributed by atoms with Crippen LogP contribution >= 0.6 is 15.9 Å². The Bertz CT molecular complexity index is 515. The van der Waals surface area contributed by atoms with Gasteiger partial charge in [-0.3, -0.25) is 9.20 Å². The van der Waals surface area contributed by atoms with Crippen molar-refractivity contribution in [3.8, 4) is 0 Å². The minimum Gasteiger partial charge on any atom is -0.269 e. The summed E-state index contributed by atoms with van der Waals surface area (Å²) in [4.78, 5) is 19.6. The zero-order valence-corrected chi connectivity index (χ0v) is 8.45. The molecule has 0 radical (unpaired) electrons. The van der Waals surface area contributed by atoms with Gasteiger partial charge in [0.1, 0.15) is 4.60 Å². The van der Waals surface area contributed by atoms with Crippen LogP contribution < -0.4 is 5.56 Å². The Morgan fingerprint density at radius 3 is 2.92 bits per heavy atom. The third-order valence-corrected chi connectivity index (χ3v) is 2.14. The van der Waals surface area contributed by atoms with Crippen LogP contribution in [-0.2, 0) is 0 Å². The van der Waals surface area contributed by atoms with Gasteiger partial charge in [-0.1, -0.05) is 0 Å². The van der Waals surface area contributed by atoms with Crippen molar-refractivity contribution in [2.75, 3.05) is 0 Å². The molecular formula is C8H6BrN3O. The van der Waals surface area contributed by atoms with Gasteiger partial charge in [-0.2, -0.15) is 0 Å². The normalized spacial score (nSPS) is 10.6. The molecule has 0 aliphatic heterocycles. The van der Waals surface area contributed by atoms with Crippen molar-refractivity contribution in [1.29, 1.82) is 0 Å². The van der Waals surface area contributed by atoms with Gasteiger partial charge in [0.25, 0.3) is 5.56 Å². The number of hydrogen-bond donors (Lipinski definition) is 0. The fourth-order valence-electron chi connectivity index (χ4n) is 1.05. The molecule has 0 spiro atoms. The van der Waals surface area contributed by atoms with Crippen LogP contribution in [0.1, 0.15) is 5.56 Å². The summed E-state index contributed by atoms with van der Waals surface area (Å²) in [6, 6.07) is 0. The minimum atomic E-state index is -0.0619. The van der Waals surface area contributed by atoms with Crippen molar-refractivity contribution in [3.05, 3.63) is 39.1 Å². The molecule has 2 aromatic rings. The maximum Gasteiger partial charge on any atom is 0.260 e. The number of halogens is 1. The molecule has 2 rings (SSSR count). The number of hydrogen-bond acceptors (Lipinski definition) is 3. The smallest absolute Gasteiger partial charge is 0.260 e. The van der Waals surface area contributed by atoms with Gasteiger partial charge in [-0.05, 0) is 22.9 Å². The highest BCUT2D eigenvalue weighted by molar-refractivity contribution is 9.10. The van der Waals surface area contributed by atoms with E-state index in [2.05, 4.69) is 25.9 Å². The predicted octanol–water partition coefficient (Wildman–Crippen LogP) is 1.16. The monoisotopic (exact) mass is 239 g/mol. The lowest BCUT2D eigenvalue weighted by molar-refractivity contribution is 0.981. The van der Waals surface area contributed by atoms with Gasteiger partial charge >= 0.3 is 0 Å². The highest BCUT2D eigenvalue weighted by atomic mass is 79.9. The van der Waals surface area contributed by atoms with Crippen LogP contribution in [0.2, 0.25) is 0 Å². The van der Waals surface area contributed by atoms with Crippen molar-refractivity contribution < 1.29 is 0 Å². The number of fused-ring (bicyclic) bond motifs is 1. The van der Waals surface area contributed by atoms with Gasteiger partial charge in [-0.25, -0.2) is 9.97 Å². The lowest BCUT2D eigenvalue weighted by atomic mass is 10.4. The van der Waals surface area contributed by atoms with E-state index in [0.29, 0.717) is 15.8 Å². The molecule has 0 N–H and O–H groups in total. The summed E-state index contributed by atoms with van der Waals surface area (Å²) in [5.74, 6) is 0. The highest BCUT2D eigenvalue weighted by Gasteiger charge is 2.00. The maximum absolute atomic E-state index is 11.6. The van der Waals surface area contributed by atoms with Crippen molar-refractivity contribution in [3.63, 3.8) is 0 Å². The molecule has 0 saturated carbocycles. The van der Waals surface area contributed by atoms with E-state index >= 15 is 0 Å². The van der Waals surface area contributed by atoms with Crippen LogP contribution in [-0.4, -0.2) is 14.4 Å².